The van der Waals surface area contributed by atoms with Crippen LogP contribution >= 0.6 is 0 Å². The van der Waals surface area contributed by atoms with Crippen molar-refractivity contribution in [2.24, 2.45) is 11.8 Å². The molecule has 2 aliphatic rings. The Labute approximate surface area is 112 Å². The summed E-state index contributed by atoms with van der Waals surface area (Å²) in [6.07, 6.45) is 4.95. The van der Waals surface area contributed by atoms with Gasteiger partial charge in [0.05, 0.1) is 0 Å². The van der Waals surface area contributed by atoms with Gasteiger partial charge in [0.15, 0.2) is 6.61 Å². The van der Waals surface area contributed by atoms with Gasteiger partial charge in [-0.25, -0.2) is 4.39 Å². The molecule has 3 atom stereocenters. The van der Waals surface area contributed by atoms with Gasteiger partial charge >= 0.3 is 0 Å². The Morgan fingerprint density at radius 1 is 1.26 bits per heavy atom. The quantitative estimate of drug-likeness (QED) is 0.906. The van der Waals surface area contributed by atoms with E-state index in [1.54, 1.807) is 0 Å². The van der Waals surface area contributed by atoms with Gasteiger partial charge in [-0.05, 0) is 55.4 Å². The highest BCUT2D eigenvalue weighted by atomic mass is 19.1. The van der Waals surface area contributed by atoms with Crippen molar-refractivity contribution in [1.82, 2.24) is 5.32 Å². The molecule has 3 nitrogen and oxygen atoms in total. The van der Waals surface area contributed by atoms with Crippen LogP contribution in [0.25, 0.3) is 0 Å². The third kappa shape index (κ3) is 2.88. The second-order valence-electron chi connectivity index (χ2n) is 5.59. The van der Waals surface area contributed by atoms with Gasteiger partial charge < -0.3 is 10.1 Å². The van der Waals surface area contributed by atoms with Gasteiger partial charge in [0.1, 0.15) is 11.6 Å². The minimum atomic E-state index is -0.307. The smallest absolute Gasteiger partial charge is 0.258 e. The first-order chi connectivity index (χ1) is 9.20. The number of carbonyl (C=O) groups is 1. The van der Waals surface area contributed by atoms with Crippen molar-refractivity contribution in [1.29, 1.82) is 0 Å². The molecule has 0 aromatic heterocycles. The highest BCUT2D eigenvalue weighted by molar-refractivity contribution is 5.77. The Kier molecular flexibility index (Phi) is 3.40. The Bertz CT molecular complexity index is 460. The summed E-state index contributed by atoms with van der Waals surface area (Å²) in [5, 5.41) is 3.05. The fourth-order valence-electron chi connectivity index (χ4n) is 3.35. The van der Waals surface area contributed by atoms with E-state index in [-0.39, 0.29) is 18.3 Å². The summed E-state index contributed by atoms with van der Waals surface area (Å²) < 4.78 is 18.0. The third-order valence-electron chi connectivity index (χ3n) is 4.27. The summed E-state index contributed by atoms with van der Waals surface area (Å²) in [4.78, 5) is 11.8. The molecule has 2 aliphatic carbocycles. The molecular formula is C15H18FNO2. The lowest BCUT2D eigenvalue weighted by Crippen LogP contribution is -2.40. The first kappa shape index (κ1) is 12.5. The monoisotopic (exact) mass is 263 g/mol. The predicted octanol–water partition coefficient (Wildman–Crippen LogP) is 2.51. The molecule has 19 heavy (non-hydrogen) atoms. The van der Waals surface area contributed by atoms with E-state index < -0.39 is 0 Å². The maximum atomic E-state index is 12.7. The van der Waals surface area contributed by atoms with Crippen LogP contribution in [-0.2, 0) is 4.79 Å². The maximum Gasteiger partial charge on any atom is 0.258 e. The van der Waals surface area contributed by atoms with Crippen LogP contribution in [-0.4, -0.2) is 18.6 Å². The lowest BCUT2D eigenvalue weighted by molar-refractivity contribution is -0.124. The molecule has 2 saturated carbocycles. The molecule has 3 rings (SSSR count). The number of hydrogen-bond acceptors (Lipinski definition) is 2. The number of carbonyl (C=O) groups excluding carboxylic acids is 1. The number of halogens is 1. The molecule has 1 amide bonds. The summed E-state index contributed by atoms with van der Waals surface area (Å²) in [7, 11) is 0. The van der Waals surface area contributed by atoms with Crippen molar-refractivity contribution in [3.63, 3.8) is 0 Å². The van der Waals surface area contributed by atoms with Gasteiger partial charge in [-0.3, -0.25) is 4.79 Å². The van der Waals surface area contributed by atoms with Crippen molar-refractivity contribution in [3.8, 4) is 5.75 Å². The molecule has 2 bridgehead atoms. The van der Waals surface area contributed by atoms with E-state index in [0.29, 0.717) is 17.7 Å². The van der Waals surface area contributed by atoms with Gasteiger partial charge in [-0.15, -0.1) is 0 Å². The lowest BCUT2D eigenvalue weighted by atomic mass is 9.95. The molecule has 0 heterocycles. The van der Waals surface area contributed by atoms with Crippen LogP contribution in [0, 0.1) is 17.7 Å². The summed E-state index contributed by atoms with van der Waals surface area (Å²) in [6, 6.07) is 6.04. The number of hydrogen-bond donors (Lipinski definition) is 1. The molecule has 4 heteroatoms. The molecule has 0 radical (unpaired) electrons. The van der Waals surface area contributed by atoms with E-state index in [9.17, 15) is 9.18 Å². The summed E-state index contributed by atoms with van der Waals surface area (Å²) in [6.45, 7) is -0.000477. The lowest BCUT2D eigenvalue weighted by Gasteiger charge is -2.22. The molecule has 0 saturated heterocycles. The number of rotatable bonds is 4. The minimum absolute atomic E-state index is 0.000477. The zero-order valence-corrected chi connectivity index (χ0v) is 10.8. The Morgan fingerprint density at radius 2 is 2.05 bits per heavy atom. The molecule has 102 valence electrons. The number of amides is 1. The van der Waals surface area contributed by atoms with Gasteiger partial charge in [-0.1, -0.05) is 6.42 Å². The standard InChI is InChI=1S/C15H18FNO2/c16-12-3-5-13(6-4-12)19-9-15(18)17-14-8-10-1-2-11(14)7-10/h3-6,10-11,14H,1-2,7-9H2,(H,17,18)/t10-,11-,14-/m0/s1. The van der Waals surface area contributed by atoms with E-state index in [1.807, 2.05) is 0 Å². The average Bonchev–Trinajstić information content (AvgIpc) is 3.00. The molecule has 0 spiro atoms. The molecule has 1 aromatic rings. The second kappa shape index (κ2) is 5.19. The van der Waals surface area contributed by atoms with Crippen molar-refractivity contribution < 1.29 is 13.9 Å². The van der Waals surface area contributed by atoms with Gasteiger partial charge in [0.25, 0.3) is 5.91 Å². The topological polar surface area (TPSA) is 38.3 Å². The Balaban J connectivity index is 1.45. The zero-order chi connectivity index (χ0) is 13.2. The Hall–Kier alpha value is -1.58. The van der Waals surface area contributed by atoms with E-state index in [2.05, 4.69) is 5.32 Å². The van der Waals surface area contributed by atoms with Crippen LogP contribution < -0.4 is 10.1 Å². The number of ether oxygens (including phenoxy) is 1. The van der Waals surface area contributed by atoms with Crippen LogP contribution in [0.15, 0.2) is 24.3 Å². The van der Waals surface area contributed by atoms with E-state index in [1.165, 1.54) is 43.5 Å². The van der Waals surface area contributed by atoms with Gasteiger partial charge in [0.2, 0.25) is 0 Å². The molecule has 0 unspecified atom stereocenters. The second-order valence-corrected chi connectivity index (χ2v) is 5.59. The molecule has 2 fully saturated rings. The van der Waals surface area contributed by atoms with Crippen LogP contribution in [0.1, 0.15) is 25.7 Å². The predicted molar refractivity (Wildman–Crippen MR) is 69.3 cm³/mol. The van der Waals surface area contributed by atoms with Crippen LogP contribution in [0.2, 0.25) is 0 Å². The SMILES string of the molecule is O=C(COc1ccc(F)cc1)N[C@H]1C[C@H]2CC[C@H]1C2. The van der Waals surface area contributed by atoms with E-state index in [4.69, 9.17) is 4.74 Å². The normalized spacial score (nSPS) is 28.4. The summed E-state index contributed by atoms with van der Waals surface area (Å²) in [5.74, 6) is 1.61. The van der Waals surface area contributed by atoms with E-state index >= 15 is 0 Å². The van der Waals surface area contributed by atoms with Crippen LogP contribution in [0.4, 0.5) is 4.39 Å². The first-order valence-electron chi connectivity index (χ1n) is 6.88. The van der Waals surface area contributed by atoms with E-state index in [0.717, 1.165) is 12.3 Å². The number of fused-ring (bicyclic) bond motifs is 2. The van der Waals surface area contributed by atoms with Crippen LogP contribution in [0.3, 0.4) is 0 Å². The molecule has 0 aliphatic heterocycles. The largest absolute Gasteiger partial charge is 0.484 e. The first-order valence-corrected chi connectivity index (χ1v) is 6.88. The third-order valence-corrected chi connectivity index (χ3v) is 4.27. The molecule has 1 N–H and O–H groups in total. The van der Waals surface area contributed by atoms with Crippen molar-refractivity contribution in [2.75, 3.05) is 6.61 Å². The van der Waals surface area contributed by atoms with Crippen molar-refractivity contribution >= 4 is 5.91 Å². The fraction of sp³-hybridized carbons (Fsp3) is 0.533. The van der Waals surface area contributed by atoms with Crippen LogP contribution in [0.5, 0.6) is 5.75 Å². The van der Waals surface area contributed by atoms with Crippen molar-refractivity contribution in [2.45, 2.75) is 31.7 Å². The summed E-state index contributed by atoms with van der Waals surface area (Å²) >= 11 is 0. The minimum Gasteiger partial charge on any atom is -0.484 e. The zero-order valence-electron chi connectivity index (χ0n) is 10.8. The number of benzene rings is 1. The fourth-order valence-corrected chi connectivity index (χ4v) is 3.35. The van der Waals surface area contributed by atoms with Gasteiger partial charge in [-0.2, -0.15) is 0 Å². The summed E-state index contributed by atoms with van der Waals surface area (Å²) in [5.41, 5.74) is 0. The maximum absolute atomic E-state index is 12.7. The number of nitrogens with one attached hydrogen (secondary N) is 1. The molecular weight excluding hydrogens is 245 g/mol. The molecule has 1 aromatic carbocycles. The highest BCUT2D eigenvalue weighted by Crippen LogP contribution is 2.44. The van der Waals surface area contributed by atoms with Gasteiger partial charge in [0, 0.05) is 6.04 Å². The van der Waals surface area contributed by atoms with Crippen molar-refractivity contribution in [3.05, 3.63) is 30.1 Å². The Morgan fingerprint density at radius 3 is 2.68 bits per heavy atom. The average molecular weight is 263 g/mol. The highest BCUT2D eigenvalue weighted by Gasteiger charge is 2.40.